The largest absolute Gasteiger partial charge is 0.378 e. The van der Waals surface area contributed by atoms with E-state index in [2.05, 4.69) is 5.43 Å². The first-order chi connectivity index (χ1) is 10.1. The van der Waals surface area contributed by atoms with Gasteiger partial charge in [0.1, 0.15) is 11.6 Å². The number of nitrogens with one attached hydrogen (secondary N) is 1. The fourth-order valence-electron chi connectivity index (χ4n) is 3.45. The maximum absolute atomic E-state index is 14.0. The van der Waals surface area contributed by atoms with Crippen LogP contribution in [0.4, 0.5) is 8.78 Å². The lowest BCUT2D eigenvalue weighted by Crippen LogP contribution is -2.45. The summed E-state index contributed by atoms with van der Waals surface area (Å²) in [5, 5.41) is 0. The van der Waals surface area contributed by atoms with Crippen LogP contribution in [0.5, 0.6) is 0 Å². The van der Waals surface area contributed by atoms with Gasteiger partial charge in [0.25, 0.3) is 0 Å². The molecule has 0 amide bonds. The van der Waals surface area contributed by atoms with E-state index in [-0.39, 0.29) is 17.1 Å². The van der Waals surface area contributed by atoms with E-state index >= 15 is 0 Å². The Labute approximate surface area is 122 Å². The maximum atomic E-state index is 14.0. The fourth-order valence-corrected chi connectivity index (χ4v) is 3.45. The molecule has 1 spiro atoms. The van der Waals surface area contributed by atoms with Gasteiger partial charge in [0.2, 0.25) is 0 Å². The highest BCUT2D eigenvalue weighted by Gasteiger charge is 2.43. The van der Waals surface area contributed by atoms with Crippen molar-refractivity contribution in [2.24, 2.45) is 11.8 Å². The average Bonchev–Trinajstić information content (AvgIpc) is 2.91. The minimum atomic E-state index is -0.461. The van der Waals surface area contributed by atoms with Crippen molar-refractivity contribution in [1.82, 2.24) is 5.43 Å². The predicted molar refractivity (Wildman–Crippen MR) is 73.3 cm³/mol. The summed E-state index contributed by atoms with van der Waals surface area (Å²) in [6.45, 7) is 1.83. The molecular weight excluding hydrogens is 278 g/mol. The fraction of sp³-hybridized carbons (Fsp3) is 0.600. The summed E-state index contributed by atoms with van der Waals surface area (Å²) in [6.07, 6.45) is 2.33. The SMILES string of the molecule is NNC(c1cc(F)ccc1F)C1CCOC2(CCOC2)C1. The molecule has 2 heterocycles. The Hall–Kier alpha value is -1.08. The molecule has 2 saturated heterocycles. The molecule has 6 heteroatoms. The summed E-state index contributed by atoms with van der Waals surface area (Å²) in [5.74, 6) is 4.81. The van der Waals surface area contributed by atoms with Crippen LogP contribution in [0.25, 0.3) is 0 Å². The van der Waals surface area contributed by atoms with Crippen molar-refractivity contribution < 1.29 is 18.3 Å². The van der Waals surface area contributed by atoms with Crippen LogP contribution in [-0.2, 0) is 9.47 Å². The number of hydrogen-bond acceptors (Lipinski definition) is 4. The van der Waals surface area contributed by atoms with E-state index in [1.165, 1.54) is 6.07 Å². The number of ether oxygens (including phenoxy) is 2. The summed E-state index contributed by atoms with van der Waals surface area (Å²) in [7, 11) is 0. The molecule has 21 heavy (non-hydrogen) atoms. The highest BCUT2D eigenvalue weighted by Crippen LogP contribution is 2.41. The molecule has 2 fully saturated rings. The van der Waals surface area contributed by atoms with Crippen LogP contribution in [0.1, 0.15) is 30.9 Å². The van der Waals surface area contributed by atoms with E-state index in [1.54, 1.807) is 0 Å². The number of hydrazine groups is 1. The average molecular weight is 298 g/mol. The van der Waals surface area contributed by atoms with Crippen molar-refractivity contribution in [2.75, 3.05) is 19.8 Å². The van der Waals surface area contributed by atoms with Crippen molar-refractivity contribution in [3.63, 3.8) is 0 Å². The summed E-state index contributed by atoms with van der Waals surface area (Å²) >= 11 is 0. The lowest BCUT2D eigenvalue weighted by atomic mass is 9.79. The van der Waals surface area contributed by atoms with E-state index in [4.69, 9.17) is 15.3 Å². The Balaban J connectivity index is 1.84. The van der Waals surface area contributed by atoms with Gasteiger partial charge in [0.05, 0.1) is 18.2 Å². The molecule has 0 aromatic heterocycles. The van der Waals surface area contributed by atoms with Crippen LogP contribution in [0.3, 0.4) is 0 Å². The zero-order valence-electron chi connectivity index (χ0n) is 11.8. The molecular formula is C15H20F2N2O2. The van der Waals surface area contributed by atoms with Gasteiger partial charge in [0, 0.05) is 25.2 Å². The van der Waals surface area contributed by atoms with Crippen LogP contribution >= 0.6 is 0 Å². The smallest absolute Gasteiger partial charge is 0.128 e. The summed E-state index contributed by atoms with van der Waals surface area (Å²) < 4.78 is 38.8. The van der Waals surface area contributed by atoms with Crippen LogP contribution in [-0.4, -0.2) is 25.4 Å². The number of rotatable bonds is 3. The van der Waals surface area contributed by atoms with Gasteiger partial charge in [-0.1, -0.05) is 0 Å². The molecule has 0 saturated carbocycles. The van der Waals surface area contributed by atoms with Crippen molar-refractivity contribution in [3.05, 3.63) is 35.4 Å². The molecule has 3 N–H and O–H groups in total. The molecule has 4 nitrogen and oxygen atoms in total. The maximum Gasteiger partial charge on any atom is 0.128 e. The molecule has 1 aromatic carbocycles. The highest BCUT2D eigenvalue weighted by atomic mass is 19.1. The number of hydrogen-bond donors (Lipinski definition) is 2. The van der Waals surface area contributed by atoms with Crippen molar-refractivity contribution in [2.45, 2.75) is 30.9 Å². The third kappa shape index (κ3) is 2.94. The first-order valence-electron chi connectivity index (χ1n) is 7.26. The number of halogens is 2. The second-order valence-corrected chi connectivity index (χ2v) is 5.90. The van der Waals surface area contributed by atoms with Gasteiger partial charge in [-0.15, -0.1) is 0 Å². The van der Waals surface area contributed by atoms with Gasteiger partial charge in [0.15, 0.2) is 0 Å². The van der Waals surface area contributed by atoms with Crippen LogP contribution in [0.2, 0.25) is 0 Å². The Morgan fingerprint density at radius 2 is 2.19 bits per heavy atom. The predicted octanol–water partition coefficient (Wildman–Crippen LogP) is 2.05. The normalized spacial score (nSPS) is 30.7. The van der Waals surface area contributed by atoms with Gasteiger partial charge in [-0.3, -0.25) is 11.3 Å². The molecule has 0 bridgehead atoms. The number of benzene rings is 1. The van der Waals surface area contributed by atoms with Gasteiger partial charge in [-0.2, -0.15) is 0 Å². The minimum Gasteiger partial charge on any atom is -0.378 e. The van der Waals surface area contributed by atoms with E-state index in [0.717, 1.165) is 31.4 Å². The lowest BCUT2D eigenvalue weighted by Gasteiger charge is -2.40. The van der Waals surface area contributed by atoms with Crippen LogP contribution in [0.15, 0.2) is 18.2 Å². The molecule has 116 valence electrons. The third-order valence-electron chi connectivity index (χ3n) is 4.54. The molecule has 3 rings (SSSR count). The monoisotopic (exact) mass is 298 g/mol. The molecule has 1 aromatic rings. The van der Waals surface area contributed by atoms with Gasteiger partial charge in [-0.05, 0) is 37.0 Å². The minimum absolute atomic E-state index is 0.0850. The molecule has 2 aliphatic heterocycles. The van der Waals surface area contributed by atoms with Gasteiger partial charge >= 0.3 is 0 Å². The molecule has 3 unspecified atom stereocenters. The zero-order chi connectivity index (χ0) is 14.9. The van der Waals surface area contributed by atoms with Crippen molar-refractivity contribution in [1.29, 1.82) is 0 Å². The summed E-state index contributed by atoms with van der Waals surface area (Å²) in [6, 6.07) is 3.04. The van der Waals surface area contributed by atoms with Crippen molar-refractivity contribution >= 4 is 0 Å². The Morgan fingerprint density at radius 1 is 1.33 bits per heavy atom. The van der Waals surface area contributed by atoms with Gasteiger partial charge < -0.3 is 9.47 Å². The Kier molecular flexibility index (Phi) is 4.21. The highest BCUT2D eigenvalue weighted by molar-refractivity contribution is 5.23. The zero-order valence-corrected chi connectivity index (χ0v) is 11.8. The molecule has 0 aliphatic carbocycles. The third-order valence-corrected chi connectivity index (χ3v) is 4.54. The first-order valence-corrected chi connectivity index (χ1v) is 7.26. The number of nitrogens with two attached hydrogens (primary N) is 1. The molecule has 3 atom stereocenters. The van der Waals surface area contributed by atoms with Crippen molar-refractivity contribution in [3.8, 4) is 0 Å². The standard InChI is InChI=1S/C15H20F2N2O2/c16-11-1-2-13(17)12(7-11)14(19-18)10-3-5-21-15(8-10)4-6-20-9-15/h1-2,7,10,14,19H,3-6,8-9,18H2. The van der Waals surface area contributed by atoms with Crippen LogP contribution in [0, 0.1) is 17.6 Å². The Bertz CT molecular complexity index is 506. The Morgan fingerprint density at radius 3 is 2.90 bits per heavy atom. The molecule has 0 radical (unpaired) electrons. The van der Waals surface area contributed by atoms with E-state index in [9.17, 15) is 8.78 Å². The van der Waals surface area contributed by atoms with Gasteiger partial charge in [-0.25, -0.2) is 8.78 Å². The lowest BCUT2D eigenvalue weighted by molar-refractivity contribution is -0.103. The quantitative estimate of drug-likeness (QED) is 0.662. The van der Waals surface area contributed by atoms with E-state index in [0.29, 0.717) is 19.8 Å². The summed E-state index contributed by atoms with van der Waals surface area (Å²) in [4.78, 5) is 0. The van der Waals surface area contributed by atoms with Crippen LogP contribution < -0.4 is 11.3 Å². The second-order valence-electron chi connectivity index (χ2n) is 5.90. The first kappa shape index (κ1) is 14.8. The second kappa shape index (κ2) is 5.96. The summed E-state index contributed by atoms with van der Waals surface area (Å²) in [5.41, 5.74) is 2.65. The molecule has 2 aliphatic rings. The van der Waals surface area contributed by atoms with E-state index in [1.807, 2.05) is 0 Å². The topological polar surface area (TPSA) is 56.5 Å². The van der Waals surface area contributed by atoms with E-state index < -0.39 is 17.7 Å².